The highest BCUT2D eigenvalue weighted by atomic mass is 32.2. The summed E-state index contributed by atoms with van der Waals surface area (Å²) in [6.07, 6.45) is 4.07. The zero-order chi connectivity index (χ0) is 18.6. The largest absolute Gasteiger partial charge is 0.484 e. The van der Waals surface area contributed by atoms with Gasteiger partial charge in [0.15, 0.2) is 6.61 Å². The van der Waals surface area contributed by atoms with E-state index >= 15 is 0 Å². The first kappa shape index (κ1) is 18.4. The summed E-state index contributed by atoms with van der Waals surface area (Å²) in [7, 11) is -3.82. The second-order valence-electron chi connectivity index (χ2n) is 6.40. The van der Waals surface area contributed by atoms with Gasteiger partial charge >= 0.3 is 0 Å². The van der Waals surface area contributed by atoms with Gasteiger partial charge in [-0.25, -0.2) is 8.42 Å². The summed E-state index contributed by atoms with van der Waals surface area (Å²) in [5.74, 6) is -0.0225. The van der Waals surface area contributed by atoms with Crippen molar-refractivity contribution >= 4 is 15.9 Å². The number of ether oxygens (including phenoxy) is 1. The molecule has 0 atom stereocenters. The van der Waals surface area contributed by atoms with Gasteiger partial charge in [-0.3, -0.25) is 10.2 Å². The fourth-order valence-corrected chi connectivity index (χ4v) is 3.86. The van der Waals surface area contributed by atoms with Crippen LogP contribution in [0.1, 0.15) is 29.5 Å². The molecule has 0 heterocycles. The lowest BCUT2D eigenvalue weighted by Gasteiger charge is -2.17. The number of benzene rings is 2. The van der Waals surface area contributed by atoms with E-state index < -0.39 is 15.9 Å². The van der Waals surface area contributed by atoms with Crippen molar-refractivity contribution in [1.82, 2.24) is 10.3 Å². The second kappa shape index (κ2) is 7.88. The van der Waals surface area contributed by atoms with Crippen LogP contribution < -0.4 is 15.0 Å². The Hall–Kier alpha value is -2.38. The summed E-state index contributed by atoms with van der Waals surface area (Å²) in [6, 6.07) is 12.4. The average molecular weight is 374 g/mol. The number of amides is 1. The number of aryl methyl sites for hydroxylation is 3. The van der Waals surface area contributed by atoms with Crippen LogP contribution in [0.3, 0.4) is 0 Å². The highest BCUT2D eigenvalue weighted by molar-refractivity contribution is 7.89. The van der Waals surface area contributed by atoms with Gasteiger partial charge in [-0.15, -0.1) is 4.83 Å². The lowest BCUT2D eigenvalue weighted by Crippen LogP contribution is -2.43. The van der Waals surface area contributed by atoms with E-state index in [2.05, 4.69) is 10.3 Å². The maximum atomic E-state index is 12.4. The minimum Gasteiger partial charge on any atom is -0.484 e. The molecule has 1 aliphatic carbocycles. The molecule has 2 N–H and O–H groups in total. The molecule has 1 aliphatic rings. The second-order valence-corrected chi connectivity index (χ2v) is 8.08. The maximum absolute atomic E-state index is 12.4. The molecule has 2 aromatic rings. The van der Waals surface area contributed by atoms with E-state index in [-0.39, 0.29) is 11.5 Å². The molecule has 138 valence electrons. The summed E-state index contributed by atoms with van der Waals surface area (Å²) < 4.78 is 30.1. The Bertz CT molecular complexity index is 910. The van der Waals surface area contributed by atoms with Crippen molar-refractivity contribution in [3.63, 3.8) is 0 Å². The van der Waals surface area contributed by atoms with Gasteiger partial charge < -0.3 is 4.74 Å². The Kier molecular flexibility index (Phi) is 5.58. The van der Waals surface area contributed by atoms with Crippen molar-refractivity contribution in [2.45, 2.75) is 37.5 Å². The van der Waals surface area contributed by atoms with Gasteiger partial charge in [0.1, 0.15) is 5.75 Å². The van der Waals surface area contributed by atoms with E-state index in [0.717, 1.165) is 36.8 Å². The van der Waals surface area contributed by atoms with Crippen LogP contribution in [0, 0.1) is 6.92 Å². The normalized spacial score (nSPS) is 13.7. The molecule has 26 heavy (non-hydrogen) atoms. The third-order valence-corrected chi connectivity index (χ3v) is 5.56. The van der Waals surface area contributed by atoms with Gasteiger partial charge in [0, 0.05) is 0 Å². The molecule has 0 aromatic heterocycles. The number of carbonyl (C=O) groups is 1. The average Bonchev–Trinajstić information content (AvgIpc) is 2.64. The molecule has 0 aliphatic heterocycles. The Morgan fingerprint density at radius 3 is 2.62 bits per heavy atom. The third kappa shape index (κ3) is 4.62. The zero-order valence-electron chi connectivity index (χ0n) is 14.6. The van der Waals surface area contributed by atoms with E-state index in [1.807, 2.05) is 25.1 Å². The smallest absolute Gasteiger partial charge is 0.272 e. The molecule has 0 bridgehead atoms. The van der Waals surface area contributed by atoms with Gasteiger partial charge in [-0.05, 0) is 73.6 Å². The number of fused-ring (bicyclic) bond motifs is 1. The molecule has 7 heteroatoms. The van der Waals surface area contributed by atoms with Gasteiger partial charge in [0.05, 0.1) is 4.90 Å². The van der Waals surface area contributed by atoms with Gasteiger partial charge in [0.2, 0.25) is 0 Å². The van der Waals surface area contributed by atoms with Crippen LogP contribution in [0.25, 0.3) is 0 Å². The fraction of sp³-hybridized carbons (Fsp3) is 0.316. The van der Waals surface area contributed by atoms with Crippen molar-refractivity contribution in [2.24, 2.45) is 0 Å². The monoisotopic (exact) mass is 374 g/mol. The molecule has 6 nitrogen and oxygen atoms in total. The predicted molar refractivity (Wildman–Crippen MR) is 98.2 cm³/mol. The number of sulfonamides is 1. The summed E-state index contributed by atoms with van der Waals surface area (Å²) in [4.78, 5) is 14.1. The van der Waals surface area contributed by atoms with Crippen molar-refractivity contribution in [3.8, 4) is 5.75 Å². The van der Waals surface area contributed by atoms with Gasteiger partial charge in [0.25, 0.3) is 15.9 Å². The number of hydrazine groups is 1. The number of nitrogens with one attached hydrogen (secondary N) is 2. The molecule has 0 radical (unpaired) electrons. The number of rotatable bonds is 6. The highest BCUT2D eigenvalue weighted by Gasteiger charge is 2.18. The fourth-order valence-electron chi connectivity index (χ4n) is 2.95. The van der Waals surface area contributed by atoms with Gasteiger partial charge in [-0.2, -0.15) is 0 Å². The number of carbonyl (C=O) groups excluding carboxylic acids is 1. The summed E-state index contributed by atoms with van der Waals surface area (Å²) in [5, 5.41) is 0. The van der Waals surface area contributed by atoms with Crippen molar-refractivity contribution < 1.29 is 17.9 Å². The topological polar surface area (TPSA) is 84.5 Å². The highest BCUT2D eigenvalue weighted by Crippen LogP contribution is 2.23. The summed E-state index contributed by atoms with van der Waals surface area (Å²) in [5.41, 5.74) is 5.46. The van der Waals surface area contributed by atoms with E-state index in [0.29, 0.717) is 5.75 Å². The zero-order valence-corrected chi connectivity index (χ0v) is 15.4. The lowest BCUT2D eigenvalue weighted by molar-refractivity contribution is -0.123. The minimum atomic E-state index is -3.82. The molecule has 0 fully saturated rings. The molecular formula is C19H22N2O4S. The van der Waals surface area contributed by atoms with Crippen LogP contribution in [0.15, 0.2) is 47.4 Å². The van der Waals surface area contributed by atoms with Gasteiger partial charge in [-0.1, -0.05) is 18.2 Å². The third-order valence-electron chi connectivity index (χ3n) is 4.31. The molecule has 2 aromatic carbocycles. The van der Waals surface area contributed by atoms with Crippen LogP contribution in [0.4, 0.5) is 0 Å². The minimum absolute atomic E-state index is 0.151. The van der Waals surface area contributed by atoms with Crippen molar-refractivity contribution in [2.75, 3.05) is 6.61 Å². The summed E-state index contributed by atoms with van der Waals surface area (Å²) >= 11 is 0. The SMILES string of the molecule is Cc1cccc(OCC(=O)NNS(=O)(=O)c2ccc3c(c2)CCCC3)c1. The van der Waals surface area contributed by atoms with Crippen LogP contribution in [0.5, 0.6) is 5.75 Å². The standard InChI is InChI=1S/C19H22N2O4S/c1-14-5-4-8-17(11-14)25-13-19(22)20-21-26(23,24)18-10-9-15-6-2-3-7-16(15)12-18/h4-5,8-12,21H,2-3,6-7,13H2,1H3,(H,20,22). The molecular weight excluding hydrogens is 352 g/mol. The van der Waals surface area contributed by atoms with E-state index in [9.17, 15) is 13.2 Å². The number of hydrogen-bond donors (Lipinski definition) is 2. The predicted octanol–water partition coefficient (Wildman–Crippen LogP) is 2.26. The molecule has 0 spiro atoms. The van der Waals surface area contributed by atoms with Crippen LogP contribution in [-0.2, 0) is 27.7 Å². The maximum Gasteiger partial charge on any atom is 0.272 e. The molecule has 3 rings (SSSR count). The van der Waals surface area contributed by atoms with Crippen LogP contribution >= 0.6 is 0 Å². The van der Waals surface area contributed by atoms with Crippen molar-refractivity contribution in [3.05, 3.63) is 59.2 Å². The molecule has 1 amide bonds. The Labute approximate surface area is 153 Å². The van der Waals surface area contributed by atoms with E-state index in [4.69, 9.17) is 4.74 Å². The summed E-state index contributed by atoms with van der Waals surface area (Å²) in [6.45, 7) is 1.63. The first-order valence-corrected chi connectivity index (χ1v) is 10.0. The van der Waals surface area contributed by atoms with Crippen LogP contribution in [0.2, 0.25) is 0 Å². The van der Waals surface area contributed by atoms with E-state index in [1.54, 1.807) is 24.3 Å². The molecule has 0 saturated heterocycles. The number of hydrogen-bond acceptors (Lipinski definition) is 4. The first-order valence-electron chi connectivity index (χ1n) is 8.56. The quantitative estimate of drug-likeness (QED) is 0.760. The van der Waals surface area contributed by atoms with Crippen molar-refractivity contribution in [1.29, 1.82) is 0 Å². The van der Waals surface area contributed by atoms with Crippen LogP contribution in [-0.4, -0.2) is 20.9 Å². The van der Waals surface area contributed by atoms with E-state index in [1.165, 1.54) is 5.56 Å². The Morgan fingerprint density at radius 2 is 1.85 bits per heavy atom. The molecule has 0 saturated carbocycles. The Balaban J connectivity index is 1.57. The first-order chi connectivity index (χ1) is 12.4. The lowest BCUT2D eigenvalue weighted by atomic mass is 9.92. The Morgan fingerprint density at radius 1 is 1.08 bits per heavy atom. The molecule has 0 unspecified atom stereocenters.